The molecule has 1 rings (SSSR count). The van der Waals surface area contributed by atoms with Crippen LogP contribution in [0.25, 0.3) is 0 Å². The van der Waals surface area contributed by atoms with Gasteiger partial charge in [-0.2, -0.15) is 0 Å². The van der Waals surface area contributed by atoms with Crippen molar-refractivity contribution in [2.24, 2.45) is 23.5 Å². The summed E-state index contributed by atoms with van der Waals surface area (Å²) < 4.78 is 23.6. The van der Waals surface area contributed by atoms with Gasteiger partial charge in [0.25, 0.3) is 0 Å². The molecule has 1 fully saturated rings. The molecule has 0 heterocycles. The van der Waals surface area contributed by atoms with Crippen molar-refractivity contribution >= 4 is 9.84 Å². The smallest absolute Gasteiger partial charge is 0.155 e. The van der Waals surface area contributed by atoms with Gasteiger partial charge in [-0.15, -0.1) is 0 Å². The largest absolute Gasteiger partial charge is 0.330 e. The topological polar surface area (TPSA) is 60.2 Å². The lowest BCUT2D eigenvalue weighted by atomic mass is 9.73. The second-order valence-corrected chi connectivity index (χ2v) is 9.76. The molecule has 1 aliphatic rings. The first-order valence-corrected chi connectivity index (χ1v) is 8.75. The lowest BCUT2D eigenvalue weighted by Gasteiger charge is -2.34. The van der Waals surface area contributed by atoms with Crippen LogP contribution in [0.15, 0.2) is 0 Å². The van der Waals surface area contributed by atoms with Crippen LogP contribution in [0.2, 0.25) is 0 Å². The Kier molecular flexibility index (Phi) is 5.24. The van der Waals surface area contributed by atoms with Gasteiger partial charge in [-0.3, -0.25) is 0 Å². The first kappa shape index (κ1) is 16.0. The number of sulfone groups is 1. The molecule has 0 aromatic heterocycles. The van der Waals surface area contributed by atoms with E-state index in [1.54, 1.807) is 20.8 Å². The predicted molar refractivity (Wildman–Crippen MR) is 77.2 cm³/mol. The molecule has 3 atom stereocenters. The standard InChI is InChI=1S/C14H29NO2S/c1-11-5-6-13(10-15)12(9-11)7-8-18(16,17)14(2,3)4/h11-13H,5-10,15H2,1-4H3. The van der Waals surface area contributed by atoms with Crippen LogP contribution < -0.4 is 5.73 Å². The van der Waals surface area contributed by atoms with Crippen LogP contribution in [0.3, 0.4) is 0 Å². The van der Waals surface area contributed by atoms with Crippen LogP contribution in [0.1, 0.15) is 53.4 Å². The molecule has 0 aliphatic heterocycles. The molecule has 0 amide bonds. The summed E-state index contributed by atoms with van der Waals surface area (Å²) in [7, 11) is -2.99. The fraction of sp³-hybridized carbons (Fsp3) is 1.00. The van der Waals surface area contributed by atoms with Crippen molar-refractivity contribution in [3.05, 3.63) is 0 Å². The quantitative estimate of drug-likeness (QED) is 0.858. The third kappa shape index (κ3) is 3.95. The molecular formula is C14H29NO2S. The summed E-state index contributed by atoms with van der Waals surface area (Å²) in [5.41, 5.74) is 5.81. The Morgan fingerprint density at radius 3 is 2.28 bits per heavy atom. The van der Waals surface area contributed by atoms with Gasteiger partial charge in [-0.05, 0) is 64.3 Å². The van der Waals surface area contributed by atoms with Crippen LogP contribution in [-0.4, -0.2) is 25.5 Å². The van der Waals surface area contributed by atoms with Gasteiger partial charge in [0.2, 0.25) is 0 Å². The maximum atomic E-state index is 12.1. The van der Waals surface area contributed by atoms with Gasteiger partial charge >= 0.3 is 0 Å². The minimum atomic E-state index is -2.99. The van der Waals surface area contributed by atoms with E-state index in [2.05, 4.69) is 6.92 Å². The summed E-state index contributed by atoms with van der Waals surface area (Å²) in [5, 5.41) is 0. The fourth-order valence-corrected chi connectivity index (χ4v) is 4.06. The van der Waals surface area contributed by atoms with Gasteiger partial charge in [0.1, 0.15) is 0 Å². The van der Waals surface area contributed by atoms with Gasteiger partial charge in [0.15, 0.2) is 9.84 Å². The van der Waals surface area contributed by atoms with E-state index in [9.17, 15) is 8.42 Å². The molecule has 0 radical (unpaired) electrons. The molecule has 0 saturated heterocycles. The molecule has 1 aliphatic carbocycles. The summed E-state index contributed by atoms with van der Waals surface area (Å²) >= 11 is 0. The first-order valence-electron chi connectivity index (χ1n) is 7.09. The Hall–Kier alpha value is -0.0900. The molecule has 108 valence electrons. The summed E-state index contributed by atoms with van der Waals surface area (Å²) in [6.45, 7) is 8.32. The third-order valence-electron chi connectivity index (χ3n) is 4.40. The first-order chi connectivity index (χ1) is 8.17. The van der Waals surface area contributed by atoms with E-state index in [0.717, 1.165) is 25.2 Å². The van der Waals surface area contributed by atoms with E-state index in [-0.39, 0.29) is 0 Å². The van der Waals surface area contributed by atoms with Crippen molar-refractivity contribution in [2.45, 2.75) is 58.1 Å². The second-order valence-electron chi connectivity index (χ2n) is 6.89. The molecule has 0 bridgehead atoms. The van der Waals surface area contributed by atoms with Gasteiger partial charge in [0, 0.05) is 0 Å². The van der Waals surface area contributed by atoms with E-state index in [1.807, 2.05) is 0 Å². The van der Waals surface area contributed by atoms with Crippen LogP contribution >= 0.6 is 0 Å². The van der Waals surface area contributed by atoms with Crippen LogP contribution in [0, 0.1) is 17.8 Å². The maximum absolute atomic E-state index is 12.1. The highest BCUT2D eigenvalue weighted by Crippen LogP contribution is 2.36. The van der Waals surface area contributed by atoms with E-state index in [0.29, 0.717) is 24.1 Å². The summed E-state index contributed by atoms with van der Waals surface area (Å²) in [6, 6.07) is 0. The van der Waals surface area contributed by atoms with Crippen molar-refractivity contribution in [1.29, 1.82) is 0 Å². The van der Waals surface area contributed by atoms with Crippen molar-refractivity contribution in [2.75, 3.05) is 12.3 Å². The highest BCUT2D eigenvalue weighted by Gasteiger charge is 2.32. The van der Waals surface area contributed by atoms with Crippen LogP contribution in [0.5, 0.6) is 0 Å². The summed E-state index contributed by atoms with van der Waals surface area (Å²) in [5.74, 6) is 2.05. The Balaban J connectivity index is 2.61. The fourth-order valence-electron chi connectivity index (χ4n) is 2.84. The third-order valence-corrected chi connectivity index (χ3v) is 7.03. The molecular weight excluding hydrogens is 246 g/mol. The minimum absolute atomic E-state index is 0.310. The van der Waals surface area contributed by atoms with Gasteiger partial charge in [-0.1, -0.05) is 13.3 Å². The zero-order chi connectivity index (χ0) is 14.0. The lowest BCUT2D eigenvalue weighted by molar-refractivity contribution is 0.189. The Morgan fingerprint density at radius 2 is 1.78 bits per heavy atom. The van der Waals surface area contributed by atoms with E-state index >= 15 is 0 Å². The summed E-state index contributed by atoms with van der Waals surface area (Å²) in [4.78, 5) is 0. The number of nitrogens with two attached hydrogens (primary N) is 1. The molecule has 0 aromatic carbocycles. The van der Waals surface area contributed by atoms with Crippen molar-refractivity contribution in [3.63, 3.8) is 0 Å². The molecule has 3 unspecified atom stereocenters. The Morgan fingerprint density at radius 1 is 1.17 bits per heavy atom. The predicted octanol–water partition coefficient (Wildman–Crippen LogP) is 2.60. The van der Waals surface area contributed by atoms with Crippen molar-refractivity contribution in [3.8, 4) is 0 Å². The zero-order valence-electron chi connectivity index (χ0n) is 12.3. The molecule has 18 heavy (non-hydrogen) atoms. The highest BCUT2D eigenvalue weighted by atomic mass is 32.2. The van der Waals surface area contributed by atoms with Crippen molar-refractivity contribution < 1.29 is 8.42 Å². The second kappa shape index (κ2) is 5.91. The lowest BCUT2D eigenvalue weighted by Crippen LogP contribution is -2.34. The SMILES string of the molecule is CC1CCC(CN)C(CCS(=O)(=O)C(C)(C)C)C1. The number of hydrogen-bond acceptors (Lipinski definition) is 3. The maximum Gasteiger partial charge on any atom is 0.155 e. The molecule has 3 nitrogen and oxygen atoms in total. The van der Waals surface area contributed by atoms with Crippen LogP contribution in [0.4, 0.5) is 0 Å². The minimum Gasteiger partial charge on any atom is -0.330 e. The number of hydrogen-bond donors (Lipinski definition) is 1. The van der Waals surface area contributed by atoms with E-state index in [1.165, 1.54) is 6.42 Å². The number of rotatable bonds is 4. The Bertz CT molecular complexity index is 356. The van der Waals surface area contributed by atoms with Crippen molar-refractivity contribution in [1.82, 2.24) is 0 Å². The molecule has 1 saturated carbocycles. The molecule has 4 heteroatoms. The van der Waals surface area contributed by atoms with E-state index < -0.39 is 14.6 Å². The summed E-state index contributed by atoms with van der Waals surface area (Å²) in [6.07, 6.45) is 4.33. The average Bonchev–Trinajstić information content (AvgIpc) is 2.25. The zero-order valence-corrected chi connectivity index (χ0v) is 13.1. The van der Waals surface area contributed by atoms with Gasteiger partial charge in [-0.25, -0.2) is 8.42 Å². The van der Waals surface area contributed by atoms with Gasteiger partial charge in [0.05, 0.1) is 10.5 Å². The monoisotopic (exact) mass is 275 g/mol. The highest BCUT2D eigenvalue weighted by molar-refractivity contribution is 7.92. The van der Waals surface area contributed by atoms with Crippen LogP contribution in [-0.2, 0) is 9.84 Å². The molecule has 2 N–H and O–H groups in total. The molecule has 0 aromatic rings. The van der Waals surface area contributed by atoms with E-state index in [4.69, 9.17) is 5.73 Å². The molecule has 0 spiro atoms. The van der Waals surface area contributed by atoms with Gasteiger partial charge < -0.3 is 5.73 Å². The normalized spacial score (nSPS) is 30.4. The average molecular weight is 275 g/mol. The Labute approximate surface area is 112 Å².